The van der Waals surface area contributed by atoms with Gasteiger partial charge in [0.2, 0.25) is 5.91 Å². The van der Waals surface area contributed by atoms with Crippen LogP contribution in [0.1, 0.15) is 17.7 Å². The molecule has 0 aromatic carbocycles. The van der Waals surface area contributed by atoms with Crippen molar-refractivity contribution in [2.24, 2.45) is 0 Å². The first-order valence-electron chi connectivity index (χ1n) is 4.86. The van der Waals surface area contributed by atoms with Crippen LogP contribution in [0.2, 0.25) is 0 Å². The van der Waals surface area contributed by atoms with Crippen LogP contribution in [0.15, 0.2) is 15.9 Å². The van der Waals surface area contributed by atoms with E-state index < -0.39 is 0 Å². The molecule has 15 heavy (non-hydrogen) atoms. The summed E-state index contributed by atoms with van der Waals surface area (Å²) in [6, 6.07) is 2.11. The van der Waals surface area contributed by atoms with Crippen LogP contribution in [0.5, 0.6) is 0 Å². The SMILES string of the molecule is CNC(=O)CCCNCc1cc(Br)cs1. The topological polar surface area (TPSA) is 41.1 Å². The van der Waals surface area contributed by atoms with E-state index in [4.69, 9.17) is 0 Å². The lowest BCUT2D eigenvalue weighted by molar-refractivity contribution is -0.120. The third-order valence-electron chi connectivity index (χ3n) is 1.96. The van der Waals surface area contributed by atoms with Crippen LogP contribution in [-0.2, 0) is 11.3 Å². The first-order chi connectivity index (χ1) is 7.22. The van der Waals surface area contributed by atoms with Crippen molar-refractivity contribution in [2.75, 3.05) is 13.6 Å². The van der Waals surface area contributed by atoms with Gasteiger partial charge in [0.25, 0.3) is 0 Å². The van der Waals surface area contributed by atoms with Crippen molar-refractivity contribution in [3.63, 3.8) is 0 Å². The number of carbonyl (C=O) groups is 1. The van der Waals surface area contributed by atoms with Gasteiger partial charge in [0.05, 0.1) is 0 Å². The van der Waals surface area contributed by atoms with E-state index in [0.717, 1.165) is 24.0 Å². The van der Waals surface area contributed by atoms with Crippen molar-refractivity contribution < 1.29 is 4.79 Å². The normalized spacial score (nSPS) is 10.3. The molecule has 1 amide bonds. The molecule has 0 unspecified atom stereocenters. The van der Waals surface area contributed by atoms with Crippen molar-refractivity contribution in [3.05, 3.63) is 20.8 Å². The van der Waals surface area contributed by atoms with Crippen molar-refractivity contribution in [2.45, 2.75) is 19.4 Å². The van der Waals surface area contributed by atoms with Gasteiger partial charge in [0.1, 0.15) is 0 Å². The van der Waals surface area contributed by atoms with Gasteiger partial charge in [-0.15, -0.1) is 11.3 Å². The summed E-state index contributed by atoms with van der Waals surface area (Å²) in [7, 11) is 1.67. The molecule has 2 N–H and O–H groups in total. The van der Waals surface area contributed by atoms with Gasteiger partial charge in [-0.25, -0.2) is 0 Å². The van der Waals surface area contributed by atoms with E-state index in [0.29, 0.717) is 6.42 Å². The number of thiophene rings is 1. The van der Waals surface area contributed by atoms with Crippen molar-refractivity contribution in [1.29, 1.82) is 0 Å². The van der Waals surface area contributed by atoms with Gasteiger partial charge in [0.15, 0.2) is 0 Å². The van der Waals surface area contributed by atoms with Crippen LogP contribution in [0, 0.1) is 0 Å². The lowest BCUT2D eigenvalue weighted by Crippen LogP contribution is -2.20. The fourth-order valence-corrected chi connectivity index (χ4v) is 2.58. The Morgan fingerprint density at radius 1 is 1.60 bits per heavy atom. The highest BCUT2D eigenvalue weighted by Gasteiger charge is 1.98. The van der Waals surface area contributed by atoms with E-state index in [2.05, 4.69) is 38.0 Å². The first kappa shape index (κ1) is 12.7. The maximum Gasteiger partial charge on any atom is 0.219 e. The number of halogens is 1. The highest BCUT2D eigenvalue weighted by molar-refractivity contribution is 9.10. The predicted molar refractivity (Wildman–Crippen MR) is 67.0 cm³/mol. The molecule has 0 aliphatic carbocycles. The molecule has 0 saturated heterocycles. The van der Waals surface area contributed by atoms with Crippen LogP contribution in [0.25, 0.3) is 0 Å². The Kier molecular flexibility index (Phi) is 5.90. The van der Waals surface area contributed by atoms with Crippen molar-refractivity contribution in [3.8, 4) is 0 Å². The molecule has 0 aliphatic rings. The minimum Gasteiger partial charge on any atom is -0.359 e. The fourth-order valence-electron chi connectivity index (χ4n) is 1.16. The van der Waals surface area contributed by atoms with Gasteiger partial charge < -0.3 is 10.6 Å². The Hall–Kier alpha value is -0.390. The van der Waals surface area contributed by atoms with E-state index in [1.54, 1.807) is 18.4 Å². The number of rotatable bonds is 6. The second kappa shape index (κ2) is 6.98. The maximum atomic E-state index is 10.9. The Balaban J connectivity index is 2.05. The molecule has 1 aromatic rings. The Morgan fingerprint density at radius 3 is 3.00 bits per heavy atom. The minimum atomic E-state index is 0.107. The fraction of sp³-hybridized carbons (Fsp3) is 0.500. The van der Waals surface area contributed by atoms with Crippen LogP contribution in [0.4, 0.5) is 0 Å². The van der Waals surface area contributed by atoms with E-state index in [-0.39, 0.29) is 5.91 Å². The number of hydrogen-bond donors (Lipinski definition) is 2. The zero-order valence-electron chi connectivity index (χ0n) is 8.68. The molecule has 84 valence electrons. The molecule has 1 rings (SSSR count). The molecule has 0 spiro atoms. The Bertz CT molecular complexity index is 314. The zero-order valence-corrected chi connectivity index (χ0v) is 11.1. The average Bonchev–Trinajstić information content (AvgIpc) is 2.63. The summed E-state index contributed by atoms with van der Waals surface area (Å²) < 4.78 is 1.13. The number of carbonyl (C=O) groups excluding carboxylic acids is 1. The van der Waals surface area contributed by atoms with Gasteiger partial charge in [-0.1, -0.05) is 0 Å². The van der Waals surface area contributed by atoms with E-state index in [1.165, 1.54) is 4.88 Å². The molecule has 1 aromatic heterocycles. The molecule has 0 saturated carbocycles. The van der Waals surface area contributed by atoms with Crippen LogP contribution in [0.3, 0.4) is 0 Å². The first-order valence-corrected chi connectivity index (χ1v) is 6.54. The summed E-state index contributed by atoms with van der Waals surface area (Å²) in [5, 5.41) is 7.98. The largest absolute Gasteiger partial charge is 0.359 e. The predicted octanol–water partition coefficient (Wildman–Crippen LogP) is 2.13. The van der Waals surface area contributed by atoms with Crippen LogP contribution >= 0.6 is 27.3 Å². The minimum absolute atomic E-state index is 0.107. The van der Waals surface area contributed by atoms with Gasteiger partial charge in [0, 0.05) is 34.7 Å². The summed E-state index contributed by atoms with van der Waals surface area (Å²) in [6.45, 7) is 1.76. The molecular formula is C10H15BrN2OS. The molecule has 5 heteroatoms. The second-order valence-electron chi connectivity index (χ2n) is 3.18. The Morgan fingerprint density at radius 2 is 2.40 bits per heavy atom. The lowest BCUT2D eigenvalue weighted by atomic mass is 10.3. The Labute approximate surface area is 102 Å². The smallest absolute Gasteiger partial charge is 0.219 e. The monoisotopic (exact) mass is 290 g/mol. The van der Waals surface area contributed by atoms with Gasteiger partial charge in [-0.05, 0) is 35.0 Å². The second-order valence-corrected chi connectivity index (χ2v) is 5.10. The summed E-state index contributed by atoms with van der Waals surface area (Å²) in [5.74, 6) is 0.107. The summed E-state index contributed by atoms with van der Waals surface area (Å²) in [4.78, 5) is 12.2. The van der Waals surface area contributed by atoms with E-state index >= 15 is 0 Å². The summed E-state index contributed by atoms with van der Waals surface area (Å²) in [5.41, 5.74) is 0. The van der Waals surface area contributed by atoms with Crippen LogP contribution < -0.4 is 10.6 Å². The standard InChI is InChI=1S/C10H15BrN2OS/c1-12-10(14)3-2-4-13-6-9-5-8(11)7-15-9/h5,7,13H,2-4,6H2,1H3,(H,12,14). The van der Waals surface area contributed by atoms with Gasteiger partial charge in [-0.3, -0.25) is 4.79 Å². The summed E-state index contributed by atoms with van der Waals surface area (Å²) >= 11 is 5.14. The van der Waals surface area contributed by atoms with Crippen LogP contribution in [-0.4, -0.2) is 19.5 Å². The average molecular weight is 291 g/mol. The number of amides is 1. The molecule has 0 fully saturated rings. The molecule has 0 radical (unpaired) electrons. The molecule has 0 atom stereocenters. The molecule has 3 nitrogen and oxygen atoms in total. The molecule has 0 aliphatic heterocycles. The van der Waals surface area contributed by atoms with Gasteiger partial charge >= 0.3 is 0 Å². The number of nitrogens with one attached hydrogen (secondary N) is 2. The highest BCUT2D eigenvalue weighted by atomic mass is 79.9. The van der Waals surface area contributed by atoms with Gasteiger partial charge in [-0.2, -0.15) is 0 Å². The molecular weight excluding hydrogens is 276 g/mol. The number of hydrogen-bond acceptors (Lipinski definition) is 3. The quantitative estimate of drug-likeness (QED) is 0.788. The highest BCUT2D eigenvalue weighted by Crippen LogP contribution is 2.19. The van der Waals surface area contributed by atoms with Crippen molar-refractivity contribution in [1.82, 2.24) is 10.6 Å². The zero-order chi connectivity index (χ0) is 11.1. The molecule has 1 heterocycles. The molecule has 0 bridgehead atoms. The third kappa shape index (κ3) is 5.30. The van der Waals surface area contributed by atoms with E-state index in [1.807, 2.05) is 0 Å². The lowest BCUT2D eigenvalue weighted by Gasteiger charge is -2.02. The van der Waals surface area contributed by atoms with Crippen molar-refractivity contribution >= 4 is 33.2 Å². The van der Waals surface area contributed by atoms with E-state index in [9.17, 15) is 4.79 Å². The third-order valence-corrected chi connectivity index (χ3v) is 3.65. The summed E-state index contributed by atoms with van der Waals surface area (Å²) in [6.07, 6.45) is 1.48. The maximum absolute atomic E-state index is 10.9.